The summed E-state index contributed by atoms with van der Waals surface area (Å²) in [6.07, 6.45) is 0.955. The fourth-order valence-electron chi connectivity index (χ4n) is 2.99. The van der Waals surface area contributed by atoms with Crippen molar-refractivity contribution in [2.24, 2.45) is 11.1 Å². The molecule has 0 spiro atoms. The molecule has 1 unspecified atom stereocenters. The van der Waals surface area contributed by atoms with Crippen LogP contribution in [0.15, 0.2) is 0 Å². The van der Waals surface area contributed by atoms with Crippen LogP contribution in [0.25, 0.3) is 0 Å². The molecule has 0 heterocycles. The highest BCUT2D eigenvalue weighted by molar-refractivity contribution is 9.10. The summed E-state index contributed by atoms with van der Waals surface area (Å²) in [6, 6.07) is -0.471. The molecule has 0 aromatic rings. The second-order valence-corrected chi connectivity index (χ2v) is 18.0. The lowest BCUT2D eigenvalue weighted by atomic mass is 9.92. The van der Waals surface area contributed by atoms with Crippen LogP contribution in [-0.4, -0.2) is 115 Å². The van der Waals surface area contributed by atoms with E-state index < -0.39 is 48.2 Å². The molecule has 262 valence electrons. The van der Waals surface area contributed by atoms with Gasteiger partial charge in [-0.05, 0) is 54.9 Å². The van der Waals surface area contributed by atoms with Crippen LogP contribution in [0.3, 0.4) is 0 Å². The number of halogens is 3. The number of rotatable bonds is 24. The second kappa shape index (κ2) is 20.9. The van der Waals surface area contributed by atoms with Crippen LogP contribution in [0.2, 0.25) is 0 Å². The Bertz CT molecular complexity index is 885. The number of nitrogens with one attached hydrogen (secondary N) is 1. The van der Waals surface area contributed by atoms with Crippen molar-refractivity contribution in [3.8, 4) is 0 Å². The zero-order chi connectivity index (χ0) is 34.9. The van der Waals surface area contributed by atoms with E-state index in [1.54, 1.807) is 48.5 Å². The van der Waals surface area contributed by atoms with Gasteiger partial charge in [0.25, 0.3) is 0 Å². The summed E-state index contributed by atoms with van der Waals surface area (Å²) >= 11 is 9.75. The van der Waals surface area contributed by atoms with Crippen molar-refractivity contribution >= 4 is 77.4 Å². The Hall–Kier alpha value is -1.17. The first-order valence-electron chi connectivity index (χ1n) is 14.5. The van der Waals surface area contributed by atoms with Gasteiger partial charge < -0.3 is 39.5 Å². The molecule has 0 radical (unpaired) electrons. The molecule has 0 fully saturated rings. The highest BCUT2D eigenvalue weighted by atomic mass is 79.9. The lowest BCUT2D eigenvalue weighted by Crippen LogP contribution is -2.47. The minimum atomic E-state index is -1.34. The molecule has 45 heavy (non-hydrogen) atoms. The van der Waals surface area contributed by atoms with Crippen molar-refractivity contribution in [2.75, 3.05) is 66.0 Å². The van der Waals surface area contributed by atoms with Gasteiger partial charge in [0.15, 0.2) is 0 Å². The molecular weight excluding hydrogens is 792 g/mol. The van der Waals surface area contributed by atoms with E-state index in [9.17, 15) is 24.0 Å². The molecule has 0 rings (SSSR count). The van der Waals surface area contributed by atoms with Crippen molar-refractivity contribution in [3.63, 3.8) is 0 Å². The zero-order valence-electron chi connectivity index (χ0n) is 27.3. The smallest absolute Gasteiger partial charge is 0.322 e. The van der Waals surface area contributed by atoms with Crippen LogP contribution < -0.4 is 11.1 Å². The molecular formula is C29H49Br3N2O11. The van der Waals surface area contributed by atoms with Gasteiger partial charge in [-0.25, -0.2) is 0 Å². The Balaban J connectivity index is 5.07. The van der Waals surface area contributed by atoms with Gasteiger partial charge in [0, 0.05) is 19.6 Å². The van der Waals surface area contributed by atoms with E-state index >= 15 is 0 Å². The summed E-state index contributed by atoms with van der Waals surface area (Å²) in [5.41, 5.74) is 4.18. The first kappa shape index (κ1) is 43.8. The quantitative estimate of drug-likeness (QED) is 0.0630. The molecule has 0 bridgehead atoms. The number of carbonyl (C=O) groups is 5. The molecule has 0 aliphatic heterocycles. The summed E-state index contributed by atoms with van der Waals surface area (Å²) in [4.78, 5) is 61.5. The van der Waals surface area contributed by atoms with Gasteiger partial charge in [-0.3, -0.25) is 24.0 Å². The number of ether oxygens (including phenoxy) is 6. The molecule has 13 nitrogen and oxygen atoms in total. The van der Waals surface area contributed by atoms with Crippen LogP contribution in [0.4, 0.5) is 0 Å². The largest absolute Gasteiger partial charge is 0.464 e. The standard InChI is InChI=1S/C29H49Br3N2O11/c1-20(33)21(35)9-8-11-40-13-14-41-12-10-34-22(36)15-42-16-29(17-43-23(37)26(2,3)30,18-44-24(38)27(4,5)31)19-45-25(39)28(6,7)32/h20H,8-19,33H2,1-7H3,(H,34,36). The van der Waals surface area contributed by atoms with Crippen molar-refractivity contribution in [1.29, 1.82) is 0 Å². The maximum Gasteiger partial charge on any atom is 0.322 e. The van der Waals surface area contributed by atoms with E-state index in [1.165, 1.54) is 0 Å². The Morgan fingerprint density at radius 1 is 0.667 bits per heavy atom. The highest BCUT2D eigenvalue weighted by Crippen LogP contribution is 2.27. The molecule has 0 aromatic heterocycles. The van der Waals surface area contributed by atoms with Crippen molar-refractivity contribution in [2.45, 2.75) is 80.3 Å². The Morgan fingerprint density at radius 3 is 1.49 bits per heavy atom. The van der Waals surface area contributed by atoms with Crippen LogP contribution in [0.5, 0.6) is 0 Å². The number of esters is 3. The van der Waals surface area contributed by atoms with Gasteiger partial charge in [-0.15, -0.1) is 0 Å². The van der Waals surface area contributed by atoms with Crippen molar-refractivity contribution < 1.29 is 52.4 Å². The summed E-state index contributed by atoms with van der Waals surface area (Å²) in [5.74, 6) is -2.27. The Kier molecular flexibility index (Phi) is 20.4. The van der Waals surface area contributed by atoms with Gasteiger partial charge in [0.05, 0.1) is 37.9 Å². The van der Waals surface area contributed by atoms with E-state index in [-0.39, 0.29) is 52.0 Å². The van der Waals surface area contributed by atoms with Crippen LogP contribution in [0, 0.1) is 5.41 Å². The van der Waals surface area contributed by atoms with Crippen LogP contribution in [0.1, 0.15) is 61.3 Å². The third-order valence-electron chi connectivity index (χ3n) is 5.79. The predicted octanol–water partition coefficient (Wildman–Crippen LogP) is 2.99. The summed E-state index contributed by atoms with van der Waals surface area (Å²) in [6.45, 7) is 11.1. The average Bonchev–Trinajstić information content (AvgIpc) is 2.92. The van der Waals surface area contributed by atoms with E-state index in [0.717, 1.165) is 0 Å². The molecule has 0 aromatic carbocycles. The third-order valence-corrected chi connectivity index (χ3v) is 6.76. The number of hydrogen-bond donors (Lipinski definition) is 2. The summed E-state index contributed by atoms with van der Waals surface area (Å²) < 4.78 is 30.0. The zero-order valence-corrected chi connectivity index (χ0v) is 32.0. The first-order chi connectivity index (χ1) is 20.6. The maximum absolute atomic E-state index is 12.6. The van der Waals surface area contributed by atoms with Gasteiger partial charge in [-0.2, -0.15) is 0 Å². The van der Waals surface area contributed by atoms with E-state index in [0.29, 0.717) is 32.7 Å². The number of hydrogen-bond acceptors (Lipinski definition) is 12. The number of amides is 1. The predicted molar refractivity (Wildman–Crippen MR) is 178 cm³/mol. The van der Waals surface area contributed by atoms with E-state index in [2.05, 4.69) is 53.1 Å². The van der Waals surface area contributed by atoms with Crippen LogP contribution in [-0.2, 0) is 52.4 Å². The molecule has 3 N–H and O–H groups in total. The lowest BCUT2D eigenvalue weighted by molar-refractivity contribution is -0.170. The fourth-order valence-corrected chi connectivity index (χ4v) is 3.34. The molecule has 1 amide bonds. The maximum atomic E-state index is 12.6. The van der Waals surface area contributed by atoms with Gasteiger partial charge in [-0.1, -0.05) is 47.8 Å². The Labute approximate surface area is 291 Å². The monoisotopic (exact) mass is 838 g/mol. The van der Waals surface area contributed by atoms with Crippen molar-refractivity contribution in [1.82, 2.24) is 5.32 Å². The number of Topliss-reactive ketones (excluding diaryl/α,β-unsaturated/α-hetero) is 1. The number of carbonyl (C=O) groups excluding carboxylic acids is 5. The summed E-state index contributed by atoms with van der Waals surface area (Å²) in [7, 11) is 0. The van der Waals surface area contributed by atoms with Crippen molar-refractivity contribution in [3.05, 3.63) is 0 Å². The van der Waals surface area contributed by atoms with Gasteiger partial charge >= 0.3 is 17.9 Å². The molecule has 0 aliphatic rings. The van der Waals surface area contributed by atoms with Gasteiger partial charge in [0.2, 0.25) is 5.91 Å². The SMILES string of the molecule is CC(N)C(=O)CCCOCCOCCNC(=O)COCC(COC(=O)C(C)(C)Br)(COC(=O)C(C)(C)Br)COC(=O)C(C)(C)Br. The molecule has 1 atom stereocenters. The Morgan fingerprint density at radius 2 is 1.09 bits per heavy atom. The summed E-state index contributed by atoms with van der Waals surface area (Å²) in [5, 5.41) is 2.66. The minimum Gasteiger partial charge on any atom is -0.464 e. The second-order valence-electron chi connectivity index (χ2n) is 12.1. The van der Waals surface area contributed by atoms with E-state index in [1.807, 2.05) is 0 Å². The molecule has 16 heteroatoms. The number of nitrogens with two attached hydrogens (primary N) is 1. The van der Waals surface area contributed by atoms with Gasteiger partial charge in [0.1, 0.15) is 45.2 Å². The normalized spacial score (nSPS) is 13.1. The fraction of sp³-hybridized carbons (Fsp3) is 0.828. The topological polar surface area (TPSA) is 179 Å². The lowest BCUT2D eigenvalue weighted by Gasteiger charge is -2.34. The average molecular weight is 841 g/mol. The number of alkyl halides is 3. The molecule has 0 saturated carbocycles. The highest BCUT2D eigenvalue weighted by Gasteiger charge is 2.41. The number of ketones is 1. The van der Waals surface area contributed by atoms with E-state index in [4.69, 9.17) is 34.2 Å². The molecule has 0 aliphatic carbocycles. The van der Waals surface area contributed by atoms with Crippen LogP contribution >= 0.6 is 47.8 Å². The minimum absolute atomic E-state index is 0.00772. The third kappa shape index (κ3) is 20.6. The molecule has 0 saturated heterocycles. The first-order valence-corrected chi connectivity index (χ1v) is 16.9.